The number of nitrogens with one attached hydrogen (secondary N) is 2. The van der Waals surface area contributed by atoms with E-state index in [1.165, 1.54) is 0 Å². The van der Waals surface area contributed by atoms with Crippen molar-refractivity contribution in [1.82, 2.24) is 10.2 Å². The van der Waals surface area contributed by atoms with Crippen LogP contribution in [0.25, 0.3) is 0 Å². The summed E-state index contributed by atoms with van der Waals surface area (Å²) in [6, 6.07) is 6.54. The molecule has 2 amide bonds. The van der Waals surface area contributed by atoms with Crippen molar-refractivity contribution in [3.8, 4) is 0 Å². The van der Waals surface area contributed by atoms with E-state index in [9.17, 15) is 9.59 Å². The Bertz CT molecular complexity index is 488. The van der Waals surface area contributed by atoms with E-state index in [0.29, 0.717) is 17.8 Å². The number of halogens is 2. The molecule has 7 heteroatoms. The van der Waals surface area contributed by atoms with E-state index in [1.807, 2.05) is 0 Å². The zero-order chi connectivity index (χ0) is 16.5. The van der Waals surface area contributed by atoms with Crippen molar-refractivity contribution >= 4 is 40.7 Å². The number of benzene rings is 1. The first kappa shape index (κ1) is 18.7. The molecule has 0 aliphatic heterocycles. The zero-order valence-corrected chi connectivity index (χ0v) is 14.2. The van der Waals surface area contributed by atoms with Gasteiger partial charge in [0.05, 0.1) is 0 Å². The van der Waals surface area contributed by atoms with Crippen LogP contribution in [-0.4, -0.2) is 47.7 Å². The normalized spacial score (nSPS) is 10.8. The highest BCUT2D eigenvalue weighted by atomic mass is 35.5. The third-order valence-electron chi connectivity index (χ3n) is 3.22. The molecular weight excluding hydrogens is 325 g/mol. The second kappa shape index (κ2) is 9.66. The summed E-state index contributed by atoms with van der Waals surface area (Å²) < 4.78 is 0. The molecule has 22 heavy (non-hydrogen) atoms. The monoisotopic (exact) mass is 345 g/mol. The largest absolute Gasteiger partial charge is 0.351 e. The van der Waals surface area contributed by atoms with Gasteiger partial charge in [-0.1, -0.05) is 37.0 Å². The molecule has 0 aliphatic rings. The van der Waals surface area contributed by atoms with Gasteiger partial charge in [-0.15, -0.1) is 0 Å². The second-order valence-corrected chi connectivity index (χ2v) is 5.75. The van der Waals surface area contributed by atoms with Crippen molar-refractivity contribution in [1.29, 1.82) is 0 Å². The summed E-state index contributed by atoms with van der Waals surface area (Å²) in [6.45, 7) is 7.51. The molecule has 0 fully saturated rings. The molecule has 0 aromatic heterocycles. The van der Waals surface area contributed by atoms with Gasteiger partial charge in [0.25, 0.3) is 11.8 Å². The van der Waals surface area contributed by atoms with E-state index in [2.05, 4.69) is 29.4 Å². The number of hydrogen-bond acceptors (Lipinski definition) is 3. The van der Waals surface area contributed by atoms with E-state index in [0.717, 1.165) is 19.6 Å². The van der Waals surface area contributed by atoms with Crippen LogP contribution >= 0.6 is 23.2 Å². The SMILES string of the molecule is CCN(CC)CCNC(=O)c1ccc(NC(=O)C(Cl)Cl)cc1. The first-order chi connectivity index (χ1) is 10.5. The molecule has 0 spiro atoms. The molecule has 0 saturated carbocycles. The van der Waals surface area contributed by atoms with Gasteiger partial charge < -0.3 is 15.5 Å². The van der Waals surface area contributed by atoms with Crippen LogP contribution in [0.2, 0.25) is 0 Å². The average Bonchev–Trinajstić information content (AvgIpc) is 2.52. The van der Waals surface area contributed by atoms with Gasteiger partial charge in [0.15, 0.2) is 4.84 Å². The van der Waals surface area contributed by atoms with Gasteiger partial charge in [-0.05, 0) is 37.4 Å². The van der Waals surface area contributed by atoms with E-state index < -0.39 is 10.7 Å². The standard InChI is InChI=1S/C15H21Cl2N3O2/c1-3-20(4-2)10-9-18-14(21)11-5-7-12(8-6-11)19-15(22)13(16)17/h5-8,13H,3-4,9-10H2,1-2H3,(H,18,21)(H,19,22). The van der Waals surface area contributed by atoms with Gasteiger partial charge >= 0.3 is 0 Å². The maximum atomic E-state index is 12.0. The fourth-order valence-corrected chi connectivity index (χ4v) is 1.98. The van der Waals surface area contributed by atoms with E-state index in [-0.39, 0.29) is 5.91 Å². The molecule has 0 saturated heterocycles. The van der Waals surface area contributed by atoms with Crippen LogP contribution in [0, 0.1) is 0 Å². The van der Waals surface area contributed by atoms with Crippen LogP contribution in [0.1, 0.15) is 24.2 Å². The summed E-state index contributed by atoms with van der Waals surface area (Å²) in [4.78, 5) is 24.4. The van der Waals surface area contributed by atoms with Gasteiger partial charge in [0.2, 0.25) is 0 Å². The van der Waals surface area contributed by atoms with Gasteiger partial charge in [0, 0.05) is 24.3 Å². The molecular formula is C15H21Cl2N3O2. The molecule has 1 aromatic rings. The van der Waals surface area contributed by atoms with Gasteiger partial charge in [-0.2, -0.15) is 0 Å². The maximum absolute atomic E-state index is 12.0. The Labute approximate surface area is 141 Å². The number of likely N-dealkylation sites (N-methyl/N-ethyl adjacent to an activating group) is 1. The van der Waals surface area contributed by atoms with Crippen molar-refractivity contribution in [2.24, 2.45) is 0 Å². The van der Waals surface area contributed by atoms with Crippen LogP contribution < -0.4 is 10.6 Å². The van der Waals surface area contributed by atoms with Gasteiger partial charge in [-0.3, -0.25) is 9.59 Å². The number of hydrogen-bond donors (Lipinski definition) is 2. The minimum Gasteiger partial charge on any atom is -0.351 e. The summed E-state index contributed by atoms with van der Waals surface area (Å²) in [5, 5.41) is 5.41. The molecule has 1 aromatic carbocycles. The number of alkyl halides is 2. The Morgan fingerprint density at radius 3 is 2.23 bits per heavy atom. The van der Waals surface area contributed by atoms with E-state index >= 15 is 0 Å². The fraction of sp³-hybridized carbons (Fsp3) is 0.467. The van der Waals surface area contributed by atoms with Crippen molar-refractivity contribution in [3.05, 3.63) is 29.8 Å². The minimum atomic E-state index is -1.12. The van der Waals surface area contributed by atoms with Gasteiger partial charge in [0.1, 0.15) is 0 Å². The molecule has 1 rings (SSSR count). The minimum absolute atomic E-state index is 0.141. The lowest BCUT2D eigenvalue weighted by atomic mass is 10.2. The van der Waals surface area contributed by atoms with Crippen LogP contribution in [0.3, 0.4) is 0 Å². The highest BCUT2D eigenvalue weighted by molar-refractivity contribution is 6.54. The van der Waals surface area contributed by atoms with Crippen molar-refractivity contribution in [2.45, 2.75) is 18.7 Å². The van der Waals surface area contributed by atoms with Crippen LogP contribution in [0.5, 0.6) is 0 Å². The highest BCUT2D eigenvalue weighted by Gasteiger charge is 2.12. The quantitative estimate of drug-likeness (QED) is 0.711. The molecule has 0 atom stereocenters. The highest BCUT2D eigenvalue weighted by Crippen LogP contribution is 2.12. The Balaban J connectivity index is 2.48. The number of rotatable bonds is 8. The average molecular weight is 346 g/mol. The third-order valence-corrected chi connectivity index (χ3v) is 3.62. The Morgan fingerprint density at radius 1 is 1.14 bits per heavy atom. The lowest BCUT2D eigenvalue weighted by molar-refractivity contribution is -0.114. The first-order valence-corrected chi connectivity index (χ1v) is 8.04. The number of carbonyl (C=O) groups excluding carboxylic acids is 2. The van der Waals surface area contributed by atoms with Gasteiger partial charge in [-0.25, -0.2) is 0 Å². The predicted octanol–water partition coefficient (Wildman–Crippen LogP) is 2.50. The zero-order valence-electron chi connectivity index (χ0n) is 12.7. The Kier molecular flexibility index (Phi) is 8.24. The molecule has 5 nitrogen and oxygen atoms in total. The van der Waals surface area contributed by atoms with Crippen molar-refractivity contribution in [2.75, 3.05) is 31.5 Å². The Hall–Kier alpha value is -1.30. The topological polar surface area (TPSA) is 61.4 Å². The first-order valence-electron chi connectivity index (χ1n) is 7.17. The number of anilines is 1. The molecule has 122 valence electrons. The fourth-order valence-electron chi connectivity index (χ4n) is 1.87. The van der Waals surface area contributed by atoms with Crippen LogP contribution in [0.4, 0.5) is 5.69 Å². The maximum Gasteiger partial charge on any atom is 0.257 e. The summed E-state index contributed by atoms with van der Waals surface area (Å²) in [6.07, 6.45) is 0. The molecule has 0 bridgehead atoms. The predicted molar refractivity (Wildman–Crippen MR) is 90.7 cm³/mol. The number of nitrogens with zero attached hydrogens (tertiary/aromatic N) is 1. The number of carbonyl (C=O) groups is 2. The van der Waals surface area contributed by atoms with Crippen LogP contribution in [0.15, 0.2) is 24.3 Å². The molecule has 0 aliphatic carbocycles. The lowest BCUT2D eigenvalue weighted by Crippen LogP contribution is -2.34. The summed E-state index contributed by atoms with van der Waals surface area (Å²) >= 11 is 10.9. The molecule has 0 radical (unpaired) electrons. The number of amides is 2. The molecule has 0 heterocycles. The molecule has 2 N–H and O–H groups in total. The Morgan fingerprint density at radius 2 is 1.73 bits per heavy atom. The smallest absolute Gasteiger partial charge is 0.257 e. The van der Waals surface area contributed by atoms with E-state index in [4.69, 9.17) is 23.2 Å². The second-order valence-electron chi connectivity index (χ2n) is 4.65. The third kappa shape index (κ3) is 6.22. The van der Waals surface area contributed by atoms with Crippen LogP contribution in [-0.2, 0) is 4.79 Å². The summed E-state index contributed by atoms with van der Waals surface area (Å²) in [5.74, 6) is -0.641. The summed E-state index contributed by atoms with van der Waals surface area (Å²) in [7, 11) is 0. The van der Waals surface area contributed by atoms with Crippen molar-refractivity contribution in [3.63, 3.8) is 0 Å². The summed E-state index contributed by atoms with van der Waals surface area (Å²) in [5.41, 5.74) is 1.07. The van der Waals surface area contributed by atoms with Crippen molar-refractivity contribution < 1.29 is 9.59 Å². The molecule has 0 unspecified atom stereocenters. The van der Waals surface area contributed by atoms with E-state index in [1.54, 1.807) is 24.3 Å². The lowest BCUT2D eigenvalue weighted by Gasteiger charge is -2.18.